The Hall–Kier alpha value is -0.900. The molecule has 0 N–H and O–H groups in total. The van der Waals surface area contributed by atoms with Crippen LogP contribution in [-0.2, 0) is 0 Å². The van der Waals surface area contributed by atoms with Gasteiger partial charge in [-0.25, -0.2) is 4.39 Å². The number of likely N-dealkylation sites (tertiary alicyclic amines) is 1. The third-order valence-electron chi connectivity index (χ3n) is 3.48. The molecule has 1 aliphatic rings. The van der Waals surface area contributed by atoms with Gasteiger partial charge in [0.2, 0.25) is 0 Å². The Kier molecular flexibility index (Phi) is 4.38. The second kappa shape index (κ2) is 5.83. The molecule has 1 atom stereocenters. The average molecular weight is 314 g/mol. The lowest BCUT2D eigenvalue weighted by molar-refractivity contribution is 0.0641. The second-order valence-corrected chi connectivity index (χ2v) is 5.41. The number of nitrogens with zero attached hydrogens (tertiary/aromatic N) is 1. The number of hydrogen-bond acceptors (Lipinski definition) is 1. The topological polar surface area (TPSA) is 20.3 Å². The third-order valence-corrected chi connectivity index (χ3v) is 4.23. The summed E-state index contributed by atoms with van der Waals surface area (Å²) < 4.78 is 13.5. The minimum Gasteiger partial charge on any atom is -0.335 e. The van der Waals surface area contributed by atoms with Crippen molar-refractivity contribution in [2.75, 3.05) is 11.9 Å². The van der Waals surface area contributed by atoms with Crippen LogP contribution >= 0.6 is 15.9 Å². The number of amides is 1. The highest BCUT2D eigenvalue weighted by molar-refractivity contribution is 9.09. The predicted octanol–water partition coefficient (Wildman–Crippen LogP) is 3.52. The zero-order valence-electron chi connectivity index (χ0n) is 10.5. The van der Waals surface area contributed by atoms with E-state index >= 15 is 0 Å². The minimum atomic E-state index is -0.312. The van der Waals surface area contributed by atoms with Crippen LogP contribution < -0.4 is 0 Å². The number of benzene rings is 1. The van der Waals surface area contributed by atoms with Gasteiger partial charge < -0.3 is 4.90 Å². The van der Waals surface area contributed by atoms with Crippen molar-refractivity contribution >= 4 is 21.8 Å². The molecule has 1 fully saturated rings. The number of piperidine rings is 1. The molecule has 1 unspecified atom stereocenters. The van der Waals surface area contributed by atoms with Crippen LogP contribution in [0.2, 0.25) is 0 Å². The first-order chi connectivity index (χ1) is 8.63. The molecule has 0 radical (unpaired) electrons. The molecule has 18 heavy (non-hydrogen) atoms. The van der Waals surface area contributed by atoms with Gasteiger partial charge >= 0.3 is 0 Å². The fourth-order valence-electron chi connectivity index (χ4n) is 2.32. The Morgan fingerprint density at radius 1 is 1.50 bits per heavy atom. The highest BCUT2D eigenvalue weighted by Crippen LogP contribution is 2.21. The highest BCUT2D eigenvalue weighted by atomic mass is 79.9. The maximum atomic E-state index is 13.5. The molecule has 0 spiro atoms. The molecule has 4 heteroatoms. The van der Waals surface area contributed by atoms with E-state index in [2.05, 4.69) is 15.9 Å². The van der Waals surface area contributed by atoms with Crippen molar-refractivity contribution in [2.45, 2.75) is 32.2 Å². The zero-order valence-corrected chi connectivity index (χ0v) is 12.0. The van der Waals surface area contributed by atoms with E-state index in [1.807, 2.05) is 4.90 Å². The lowest BCUT2D eigenvalue weighted by Crippen LogP contribution is -2.44. The van der Waals surface area contributed by atoms with E-state index in [1.165, 1.54) is 6.07 Å². The summed E-state index contributed by atoms with van der Waals surface area (Å²) in [6.07, 6.45) is 3.21. The van der Waals surface area contributed by atoms with Gasteiger partial charge in [-0.1, -0.05) is 22.0 Å². The summed E-state index contributed by atoms with van der Waals surface area (Å²) in [6, 6.07) is 4.95. The Morgan fingerprint density at radius 2 is 2.28 bits per heavy atom. The summed E-state index contributed by atoms with van der Waals surface area (Å²) in [7, 11) is 0. The van der Waals surface area contributed by atoms with Crippen LogP contribution in [0.25, 0.3) is 0 Å². The first-order valence-electron chi connectivity index (χ1n) is 6.26. The SMILES string of the molecule is Cc1ccc(C(=O)N2CCCCC2CBr)cc1F. The Bertz CT molecular complexity index is 449. The summed E-state index contributed by atoms with van der Waals surface area (Å²) >= 11 is 3.45. The number of aryl methyl sites for hydroxylation is 1. The van der Waals surface area contributed by atoms with Gasteiger partial charge in [-0.05, 0) is 43.9 Å². The molecule has 0 aliphatic carbocycles. The van der Waals surface area contributed by atoms with Crippen molar-refractivity contribution in [3.05, 3.63) is 35.1 Å². The monoisotopic (exact) mass is 313 g/mol. The van der Waals surface area contributed by atoms with Crippen LogP contribution in [-0.4, -0.2) is 28.7 Å². The summed E-state index contributed by atoms with van der Waals surface area (Å²) in [5.74, 6) is -0.369. The number of carbonyl (C=O) groups excluding carboxylic acids is 1. The molecule has 0 saturated carbocycles. The van der Waals surface area contributed by atoms with E-state index in [1.54, 1.807) is 19.1 Å². The van der Waals surface area contributed by atoms with Crippen molar-refractivity contribution in [1.29, 1.82) is 0 Å². The lowest BCUT2D eigenvalue weighted by atomic mass is 10.0. The van der Waals surface area contributed by atoms with Gasteiger partial charge in [0.05, 0.1) is 0 Å². The number of carbonyl (C=O) groups is 1. The van der Waals surface area contributed by atoms with E-state index in [9.17, 15) is 9.18 Å². The Balaban J connectivity index is 2.21. The number of alkyl halides is 1. The van der Waals surface area contributed by atoms with Crippen LogP contribution in [0, 0.1) is 12.7 Å². The molecular weight excluding hydrogens is 297 g/mol. The largest absolute Gasteiger partial charge is 0.335 e. The molecule has 1 aromatic carbocycles. The Labute approximate surface area is 115 Å². The Morgan fingerprint density at radius 3 is 2.94 bits per heavy atom. The van der Waals surface area contributed by atoms with Gasteiger partial charge in [0.25, 0.3) is 5.91 Å². The molecule has 98 valence electrons. The molecule has 0 bridgehead atoms. The molecule has 1 amide bonds. The molecule has 1 aliphatic heterocycles. The van der Waals surface area contributed by atoms with Crippen LogP contribution in [0.1, 0.15) is 35.2 Å². The summed E-state index contributed by atoms with van der Waals surface area (Å²) in [5.41, 5.74) is 1.02. The molecular formula is C14H17BrFNO. The third kappa shape index (κ3) is 2.74. The minimum absolute atomic E-state index is 0.0574. The molecule has 1 aromatic rings. The van der Waals surface area contributed by atoms with Crippen LogP contribution in [0.4, 0.5) is 4.39 Å². The summed E-state index contributed by atoms with van der Waals surface area (Å²) in [6.45, 7) is 2.47. The average Bonchev–Trinajstić information content (AvgIpc) is 2.41. The molecule has 2 rings (SSSR count). The van der Waals surface area contributed by atoms with Crippen LogP contribution in [0.3, 0.4) is 0 Å². The van der Waals surface area contributed by atoms with E-state index in [4.69, 9.17) is 0 Å². The fraction of sp³-hybridized carbons (Fsp3) is 0.500. The number of halogens is 2. The van der Waals surface area contributed by atoms with Crippen molar-refractivity contribution in [3.8, 4) is 0 Å². The van der Waals surface area contributed by atoms with Crippen molar-refractivity contribution < 1.29 is 9.18 Å². The standard InChI is InChI=1S/C14H17BrFNO/c1-10-5-6-11(8-13(10)16)14(18)17-7-3-2-4-12(17)9-15/h5-6,8,12H,2-4,7,9H2,1H3. The lowest BCUT2D eigenvalue weighted by Gasteiger charge is -2.34. The maximum absolute atomic E-state index is 13.5. The van der Waals surface area contributed by atoms with Crippen LogP contribution in [0.15, 0.2) is 18.2 Å². The van der Waals surface area contributed by atoms with Crippen molar-refractivity contribution in [3.63, 3.8) is 0 Å². The molecule has 0 aromatic heterocycles. The van der Waals surface area contributed by atoms with Gasteiger partial charge in [-0.2, -0.15) is 0 Å². The summed E-state index contributed by atoms with van der Waals surface area (Å²) in [5, 5.41) is 0.785. The van der Waals surface area contributed by atoms with Gasteiger partial charge in [0.15, 0.2) is 0 Å². The van der Waals surface area contributed by atoms with Gasteiger partial charge in [0.1, 0.15) is 5.82 Å². The first-order valence-corrected chi connectivity index (χ1v) is 7.38. The number of hydrogen-bond donors (Lipinski definition) is 0. The highest BCUT2D eigenvalue weighted by Gasteiger charge is 2.26. The van der Waals surface area contributed by atoms with E-state index < -0.39 is 0 Å². The quantitative estimate of drug-likeness (QED) is 0.765. The van der Waals surface area contributed by atoms with E-state index in [0.717, 1.165) is 31.1 Å². The molecule has 1 saturated heterocycles. The fourth-order valence-corrected chi connectivity index (χ4v) is 2.99. The van der Waals surface area contributed by atoms with Crippen molar-refractivity contribution in [2.24, 2.45) is 0 Å². The van der Waals surface area contributed by atoms with Crippen molar-refractivity contribution in [1.82, 2.24) is 4.90 Å². The molecule has 1 heterocycles. The van der Waals surface area contributed by atoms with Crippen LogP contribution in [0.5, 0.6) is 0 Å². The first kappa shape index (κ1) is 13.5. The smallest absolute Gasteiger partial charge is 0.254 e. The number of rotatable bonds is 2. The second-order valence-electron chi connectivity index (χ2n) is 4.77. The zero-order chi connectivity index (χ0) is 13.1. The van der Waals surface area contributed by atoms with Gasteiger partial charge in [0, 0.05) is 23.5 Å². The predicted molar refractivity (Wildman–Crippen MR) is 73.6 cm³/mol. The van der Waals surface area contributed by atoms with Gasteiger partial charge in [-0.15, -0.1) is 0 Å². The van der Waals surface area contributed by atoms with E-state index in [-0.39, 0.29) is 17.8 Å². The maximum Gasteiger partial charge on any atom is 0.254 e. The molecule has 2 nitrogen and oxygen atoms in total. The summed E-state index contributed by atoms with van der Waals surface area (Å²) in [4.78, 5) is 14.2. The van der Waals surface area contributed by atoms with Gasteiger partial charge in [-0.3, -0.25) is 4.79 Å². The van der Waals surface area contributed by atoms with E-state index in [0.29, 0.717) is 11.1 Å². The normalized spacial score (nSPS) is 19.9.